The van der Waals surface area contributed by atoms with E-state index in [2.05, 4.69) is 20.6 Å². The number of amides is 3. The summed E-state index contributed by atoms with van der Waals surface area (Å²) in [7, 11) is 0. The van der Waals surface area contributed by atoms with Crippen LogP contribution in [0.3, 0.4) is 0 Å². The Morgan fingerprint density at radius 2 is 2.00 bits per heavy atom. The third-order valence-electron chi connectivity index (χ3n) is 3.99. The molecule has 28 heavy (non-hydrogen) atoms. The van der Waals surface area contributed by atoms with Gasteiger partial charge in [0.15, 0.2) is 0 Å². The molecule has 0 spiro atoms. The molecule has 0 saturated heterocycles. The van der Waals surface area contributed by atoms with Gasteiger partial charge in [-0.2, -0.15) is 0 Å². The van der Waals surface area contributed by atoms with Crippen molar-refractivity contribution in [3.63, 3.8) is 0 Å². The third kappa shape index (κ3) is 5.05. The van der Waals surface area contributed by atoms with Crippen molar-refractivity contribution in [1.82, 2.24) is 20.6 Å². The zero-order chi connectivity index (χ0) is 20.1. The molecule has 0 radical (unpaired) electrons. The fourth-order valence-electron chi connectivity index (χ4n) is 2.35. The van der Waals surface area contributed by atoms with Crippen LogP contribution in [0.2, 0.25) is 0 Å². The molecule has 3 aromatic rings. The number of urea groups is 1. The number of hydrogen-bond acceptors (Lipinski definition) is 6. The van der Waals surface area contributed by atoms with Crippen LogP contribution in [0.15, 0.2) is 41.7 Å². The predicted molar refractivity (Wildman–Crippen MR) is 110 cm³/mol. The molecule has 9 heteroatoms. The molecule has 6 nitrogen and oxygen atoms in total. The highest BCUT2D eigenvalue weighted by atomic mass is 32.2. The number of thioether (sulfide) groups is 1. The molecule has 0 bridgehead atoms. The Bertz CT molecular complexity index is 991. The first-order valence-corrected chi connectivity index (χ1v) is 10.5. The molecule has 3 rings (SSSR count). The highest BCUT2D eigenvalue weighted by Gasteiger charge is 2.14. The summed E-state index contributed by atoms with van der Waals surface area (Å²) >= 11 is 2.72. The Balaban J connectivity index is 1.69. The number of thiophene rings is 1. The Labute approximate surface area is 170 Å². The number of hydrogen-bond donors (Lipinski definition) is 2. The number of nitrogens with zero attached hydrogens (tertiary/aromatic N) is 2. The Morgan fingerprint density at radius 3 is 2.71 bits per heavy atom. The molecule has 0 saturated carbocycles. The predicted octanol–water partition coefficient (Wildman–Crippen LogP) is 4.21. The molecule has 0 aliphatic rings. The largest absolute Gasteiger partial charge is 0.335 e. The van der Waals surface area contributed by atoms with Crippen LogP contribution in [-0.2, 0) is 4.79 Å². The third-order valence-corrected chi connectivity index (χ3v) is 6.29. The van der Waals surface area contributed by atoms with Gasteiger partial charge in [0.2, 0.25) is 5.91 Å². The molecule has 2 heterocycles. The minimum absolute atomic E-state index is 0.00190. The standard InChI is InChI=1S/C19H19FN4O2S2/c1-3-11(2)23-19(26)24-16(25)9-27-18-17-14(21-10-22-18)8-15(28-17)12-4-6-13(20)7-5-12/h4-8,10-11H,3,9H2,1-2H3,(H2,23,24,25,26)/t11-/m1/s1. The van der Waals surface area contributed by atoms with E-state index in [1.165, 1.54) is 41.6 Å². The van der Waals surface area contributed by atoms with E-state index in [0.717, 1.165) is 27.1 Å². The normalized spacial score (nSPS) is 12.0. The smallest absolute Gasteiger partial charge is 0.321 e. The monoisotopic (exact) mass is 418 g/mol. The number of carbonyl (C=O) groups excluding carboxylic acids is 2. The van der Waals surface area contributed by atoms with Crippen LogP contribution < -0.4 is 10.6 Å². The summed E-state index contributed by atoms with van der Waals surface area (Å²) in [6.07, 6.45) is 2.23. The molecule has 1 aromatic carbocycles. The van der Waals surface area contributed by atoms with Crippen LogP contribution in [0.4, 0.5) is 9.18 Å². The number of imide groups is 1. The highest BCUT2D eigenvalue weighted by Crippen LogP contribution is 2.36. The number of fused-ring (bicyclic) bond motifs is 1. The van der Waals surface area contributed by atoms with E-state index in [-0.39, 0.29) is 17.6 Å². The molecule has 0 unspecified atom stereocenters. The van der Waals surface area contributed by atoms with Crippen molar-refractivity contribution in [2.75, 3.05) is 5.75 Å². The van der Waals surface area contributed by atoms with Crippen molar-refractivity contribution in [1.29, 1.82) is 0 Å². The average molecular weight is 419 g/mol. The van der Waals surface area contributed by atoms with Crippen molar-refractivity contribution in [2.45, 2.75) is 31.3 Å². The van der Waals surface area contributed by atoms with Crippen molar-refractivity contribution in [3.8, 4) is 10.4 Å². The number of benzene rings is 1. The van der Waals surface area contributed by atoms with Gasteiger partial charge < -0.3 is 5.32 Å². The van der Waals surface area contributed by atoms with E-state index < -0.39 is 11.9 Å². The lowest BCUT2D eigenvalue weighted by Gasteiger charge is -2.11. The second-order valence-electron chi connectivity index (χ2n) is 6.13. The van der Waals surface area contributed by atoms with Gasteiger partial charge in [0.1, 0.15) is 17.2 Å². The van der Waals surface area contributed by atoms with Gasteiger partial charge in [0, 0.05) is 10.9 Å². The maximum Gasteiger partial charge on any atom is 0.321 e. The molecule has 0 aliphatic heterocycles. The summed E-state index contributed by atoms with van der Waals surface area (Å²) in [5.41, 5.74) is 1.65. The number of carbonyl (C=O) groups is 2. The van der Waals surface area contributed by atoms with E-state index in [1.54, 1.807) is 12.1 Å². The maximum absolute atomic E-state index is 13.1. The molecular formula is C19H19FN4O2S2. The Hall–Kier alpha value is -2.52. The SMILES string of the molecule is CC[C@@H](C)NC(=O)NC(=O)CSc1ncnc2cc(-c3ccc(F)cc3)sc12. The molecule has 1 atom stereocenters. The van der Waals surface area contributed by atoms with Gasteiger partial charge in [-0.25, -0.2) is 19.2 Å². The highest BCUT2D eigenvalue weighted by molar-refractivity contribution is 8.00. The van der Waals surface area contributed by atoms with Crippen LogP contribution in [0, 0.1) is 5.82 Å². The van der Waals surface area contributed by atoms with Gasteiger partial charge in [-0.15, -0.1) is 11.3 Å². The number of halogens is 1. The first kappa shape index (κ1) is 20.2. The Kier molecular flexibility index (Phi) is 6.58. The lowest BCUT2D eigenvalue weighted by molar-refractivity contribution is -0.117. The molecule has 146 valence electrons. The number of nitrogens with one attached hydrogen (secondary N) is 2. The van der Waals surface area contributed by atoms with Crippen LogP contribution >= 0.6 is 23.1 Å². The van der Waals surface area contributed by atoms with Crippen LogP contribution in [0.1, 0.15) is 20.3 Å². The lowest BCUT2D eigenvalue weighted by atomic mass is 10.2. The average Bonchev–Trinajstić information content (AvgIpc) is 3.11. The molecule has 0 fully saturated rings. The second-order valence-corrected chi connectivity index (χ2v) is 8.15. The lowest BCUT2D eigenvalue weighted by Crippen LogP contribution is -2.43. The minimum Gasteiger partial charge on any atom is -0.335 e. The summed E-state index contributed by atoms with van der Waals surface area (Å²) < 4.78 is 14.0. The van der Waals surface area contributed by atoms with Crippen molar-refractivity contribution in [3.05, 3.63) is 42.5 Å². The topological polar surface area (TPSA) is 84.0 Å². The summed E-state index contributed by atoms with van der Waals surface area (Å²) in [5.74, 6) is -0.624. The zero-order valence-electron chi connectivity index (χ0n) is 15.4. The van der Waals surface area contributed by atoms with Crippen molar-refractivity contribution < 1.29 is 14.0 Å². The van der Waals surface area contributed by atoms with Gasteiger partial charge in [0.25, 0.3) is 0 Å². The van der Waals surface area contributed by atoms with Crippen molar-refractivity contribution in [2.24, 2.45) is 0 Å². The second kappa shape index (κ2) is 9.11. The van der Waals surface area contributed by atoms with E-state index in [0.29, 0.717) is 5.03 Å². The van der Waals surface area contributed by atoms with E-state index in [9.17, 15) is 14.0 Å². The zero-order valence-corrected chi connectivity index (χ0v) is 17.0. The van der Waals surface area contributed by atoms with Gasteiger partial charge in [-0.05, 0) is 37.1 Å². The molecule has 2 N–H and O–H groups in total. The minimum atomic E-state index is -0.498. The summed E-state index contributed by atoms with van der Waals surface area (Å²) in [4.78, 5) is 33.2. The summed E-state index contributed by atoms with van der Waals surface area (Å²) in [6, 6.07) is 7.66. The van der Waals surface area contributed by atoms with Crippen molar-refractivity contribution >= 4 is 45.3 Å². The van der Waals surface area contributed by atoms with Gasteiger partial charge in [0.05, 0.1) is 16.0 Å². The quantitative estimate of drug-likeness (QED) is 0.463. The molecule has 2 aromatic heterocycles. The fourth-order valence-corrected chi connectivity index (χ4v) is 4.35. The molecule has 0 aliphatic carbocycles. The van der Waals surface area contributed by atoms with Gasteiger partial charge >= 0.3 is 6.03 Å². The molecule has 3 amide bonds. The maximum atomic E-state index is 13.1. The molecular weight excluding hydrogens is 399 g/mol. The van der Waals surface area contributed by atoms with Gasteiger partial charge in [-0.1, -0.05) is 30.8 Å². The first-order chi connectivity index (χ1) is 13.5. The van der Waals surface area contributed by atoms with Crippen LogP contribution in [0.25, 0.3) is 20.7 Å². The van der Waals surface area contributed by atoms with Crippen LogP contribution in [-0.4, -0.2) is 33.7 Å². The number of aromatic nitrogens is 2. The van der Waals surface area contributed by atoms with E-state index >= 15 is 0 Å². The van der Waals surface area contributed by atoms with E-state index in [1.807, 2.05) is 19.9 Å². The summed E-state index contributed by atoms with van der Waals surface area (Å²) in [6.45, 7) is 3.82. The van der Waals surface area contributed by atoms with Crippen LogP contribution in [0.5, 0.6) is 0 Å². The first-order valence-electron chi connectivity index (χ1n) is 8.70. The van der Waals surface area contributed by atoms with E-state index in [4.69, 9.17) is 0 Å². The fraction of sp³-hybridized carbons (Fsp3) is 0.263. The number of rotatable bonds is 6. The Morgan fingerprint density at radius 1 is 1.25 bits per heavy atom. The summed E-state index contributed by atoms with van der Waals surface area (Å²) in [5, 5.41) is 5.67. The van der Waals surface area contributed by atoms with Gasteiger partial charge in [-0.3, -0.25) is 10.1 Å².